The summed E-state index contributed by atoms with van der Waals surface area (Å²) in [5.41, 5.74) is 0. The van der Waals surface area contributed by atoms with Crippen molar-refractivity contribution in [3.63, 3.8) is 0 Å². The van der Waals surface area contributed by atoms with Crippen LogP contribution in [-0.2, 0) is 0 Å². The second-order valence-corrected chi connectivity index (χ2v) is 7.09. The first kappa shape index (κ1) is 13.6. The third kappa shape index (κ3) is 2.56. The maximum Gasteiger partial charge on any atom is 0.0346 e. The Morgan fingerprint density at radius 1 is 0.591 bits per heavy atom. The van der Waals surface area contributed by atoms with Gasteiger partial charge in [-0.2, -0.15) is 0 Å². The fraction of sp³-hybridized carbons (Fsp3) is 0. The Morgan fingerprint density at radius 3 is 1.59 bits per heavy atom. The van der Waals surface area contributed by atoms with Gasteiger partial charge in [0.15, 0.2) is 0 Å². The van der Waals surface area contributed by atoms with Crippen LogP contribution in [0.1, 0.15) is 0 Å². The van der Waals surface area contributed by atoms with Gasteiger partial charge in [-0.25, -0.2) is 0 Å². The Kier molecular flexibility index (Phi) is 3.70. The summed E-state index contributed by atoms with van der Waals surface area (Å²) in [6, 6.07) is 16.8. The highest BCUT2D eigenvalue weighted by atomic mass is 33.1. The van der Waals surface area contributed by atoms with Crippen LogP contribution < -0.4 is 0 Å². The molecule has 0 aliphatic rings. The highest BCUT2D eigenvalue weighted by Gasteiger charge is 2.05. The molecule has 2 aromatic carbocycles. The van der Waals surface area contributed by atoms with E-state index in [1.54, 1.807) is 21.6 Å². The summed E-state index contributed by atoms with van der Waals surface area (Å²) < 4.78 is 0. The average molecular weight is 320 g/mol. The van der Waals surface area contributed by atoms with E-state index in [1.807, 2.05) is 24.8 Å². The van der Waals surface area contributed by atoms with Crippen LogP contribution in [0.25, 0.3) is 21.5 Å². The van der Waals surface area contributed by atoms with E-state index in [2.05, 4.69) is 58.5 Å². The van der Waals surface area contributed by atoms with Crippen LogP contribution in [0.15, 0.2) is 83.1 Å². The van der Waals surface area contributed by atoms with Crippen molar-refractivity contribution in [1.29, 1.82) is 0 Å². The van der Waals surface area contributed by atoms with Crippen molar-refractivity contribution in [2.75, 3.05) is 0 Å². The predicted molar refractivity (Wildman–Crippen MR) is 95.2 cm³/mol. The van der Waals surface area contributed by atoms with Crippen LogP contribution in [0.3, 0.4) is 0 Å². The van der Waals surface area contributed by atoms with Gasteiger partial charge in [-0.15, -0.1) is 0 Å². The van der Waals surface area contributed by atoms with Gasteiger partial charge in [0.1, 0.15) is 0 Å². The number of fused-ring (bicyclic) bond motifs is 2. The summed E-state index contributed by atoms with van der Waals surface area (Å²) in [7, 11) is 3.57. The Labute approximate surface area is 136 Å². The zero-order valence-corrected chi connectivity index (χ0v) is 13.3. The van der Waals surface area contributed by atoms with E-state index >= 15 is 0 Å². The fourth-order valence-corrected chi connectivity index (χ4v) is 4.83. The minimum atomic E-state index is 1.18. The number of nitrogens with zero attached hydrogens (tertiary/aromatic N) is 2. The highest BCUT2D eigenvalue weighted by Crippen LogP contribution is 2.42. The molecule has 0 saturated carbocycles. The van der Waals surface area contributed by atoms with Gasteiger partial charge in [0.25, 0.3) is 0 Å². The molecule has 0 fully saturated rings. The normalized spacial score (nSPS) is 11.1. The molecule has 0 aliphatic carbocycles. The maximum absolute atomic E-state index is 4.19. The van der Waals surface area contributed by atoms with Gasteiger partial charge in [0, 0.05) is 45.4 Å². The van der Waals surface area contributed by atoms with E-state index in [1.165, 1.54) is 31.3 Å². The molecular weight excluding hydrogens is 308 g/mol. The molecule has 4 heteroatoms. The standard InChI is InChI=1S/C18H12N2S2/c1-3-13-11-19-9-7-15(13)17(5-1)21-22-18-6-2-4-14-12-20-10-8-16(14)18/h1-12H. The van der Waals surface area contributed by atoms with Gasteiger partial charge < -0.3 is 0 Å². The average Bonchev–Trinajstić information content (AvgIpc) is 2.60. The molecule has 0 aliphatic heterocycles. The summed E-state index contributed by atoms with van der Waals surface area (Å²) in [5, 5.41) is 4.85. The van der Waals surface area contributed by atoms with Crippen molar-refractivity contribution in [3.8, 4) is 0 Å². The summed E-state index contributed by atoms with van der Waals surface area (Å²) in [5.74, 6) is 0. The van der Waals surface area contributed by atoms with Crippen LogP contribution in [0.5, 0.6) is 0 Å². The Hall–Kier alpha value is -2.04. The van der Waals surface area contributed by atoms with Crippen molar-refractivity contribution in [1.82, 2.24) is 9.97 Å². The lowest BCUT2D eigenvalue weighted by Gasteiger charge is -2.07. The van der Waals surface area contributed by atoms with E-state index in [0.29, 0.717) is 0 Å². The third-order valence-corrected chi connectivity index (χ3v) is 5.98. The van der Waals surface area contributed by atoms with Crippen LogP contribution in [-0.4, -0.2) is 9.97 Å². The molecule has 2 nitrogen and oxygen atoms in total. The molecule has 22 heavy (non-hydrogen) atoms. The van der Waals surface area contributed by atoms with Gasteiger partial charge in [0.05, 0.1) is 0 Å². The lowest BCUT2D eigenvalue weighted by molar-refractivity contribution is 1.35. The van der Waals surface area contributed by atoms with E-state index < -0.39 is 0 Å². The van der Waals surface area contributed by atoms with E-state index in [0.717, 1.165) is 0 Å². The van der Waals surface area contributed by atoms with E-state index in [9.17, 15) is 0 Å². The molecule has 4 rings (SSSR count). The molecular formula is C18H12N2S2. The van der Waals surface area contributed by atoms with Crippen LogP contribution in [0.4, 0.5) is 0 Å². The molecule has 2 heterocycles. The van der Waals surface area contributed by atoms with E-state index in [4.69, 9.17) is 0 Å². The molecule has 0 radical (unpaired) electrons. The smallest absolute Gasteiger partial charge is 0.0346 e. The Bertz CT molecular complexity index is 864. The summed E-state index contributed by atoms with van der Waals surface area (Å²) in [6.45, 7) is 0. The van der Waals surface area contributed by atoms with Gasteiger partial charge >= 0.3 is 0 Å². The maximum atomic E-state index is 4.19. The molecule has 0 atom stereocenters. The fourth-order valence-electron chi connectivity index (χ4n) is 2.42. The molecule has 106 valence electrons. The Morgan fingerprint density at radius 2 is 1.09 bits per heavy atom. The molecule has 0 N–H and O–H groups in total. The second kappa shape index (κ2) is 5.99. The Balaban J connectivity index is 1.69. The number of hydrogen-bond donors (Lipinski definition) is 0. The monoisotopic (exact) mass is 320 g/mol. The predicted octanol–water partition coefficient (Wildman–Crippen LogP) is 5.58. The number of benzene rings is 2. The largest absolute Gasteiger partial charge is 0.264 e. The zero-order chi connectivity index (χ0) is 14.8. The van der Waals surface area contributed by atoms with Crippen molar-refractivity contribution < 1.29 is 0 Å². The first-order chi connectivity index (χ1) is 10.9. The van der Waals surface area contributed by atoms with Crippen LogP contribution >= 0.6 is 21.6 Å². The van der Waals surface area contributed by atoms with Gasteiger partial charge in [-0.1, -0.05) is 45.9 Å². The lowest BCUT2D eigenvalue weighted by Crippen LogP contribution is -1.79. The first-order valence-corrected chi connectivity index (χ1v) is 9.07. The first-order valence-electron chi connectivity index (χ1n) is 6.92. The molecule has 0 bridgehead atoms. The SMILES string of the molecule is c1cc(SSc2cccc3cnccc23)c2ccncc2c1. The molecule has 0 amide bonds. The van der Waals surface area contributed by atoms with E-state index in [-0.39, 0.29) is 0 Å². The van der Waals surface area contributed by atoms with Gasteiger partial charge in [-0.3, -0.25) is 9.97 Å². The number of hydrogen-bond acceptors (Lipinski definition) is 4. The number of pyridine rings is 2. The van der Waals surface area contributed by atoms with Crippen molar-refractivity contribution in [3.05, 3.63) is 73.3 Å². The molecule has 2 aromatic heterocycles. The summed E-state index contributed by atoms with van der Waals surface area (Å²) in [4.78, 5) is 10.9. The van der Waals surface area contributed by atoms with Gasteiger partial charge in [-0.05, 0) is 35.0 Å². The van der Waals surface area contributed by atoms with Crippen molar-refractivity contribution in [2.24, 2.45) is 0 Å². The molecule has 0 saturated heterocycles. The molecule has 4 aromatic rings. The lowest BCUT2D eigenvalue weighted by atomic mass is 10.2. The van der Waals surface area contributed by atoms with Crippen LogP contribution in [0.2, 0.25) is 0 Å². The zero-order valence-electron chi connectivity index (χ0n) is 11.6. The summed E-state index contributed by atoms with van der Waals surface area (Å²) in [6.07, 6.45) is 7.52. The summed E-state index contributed by atoms with van der Waals surface area (Å²) >= 11 is 0. The number of aromatic nitrogens is 2. The third-order valence-electron chi connectivity index (χ3n) is 3.50. The molecule has 0 spiro atoms. The minimum absolute atomic E-state index is 1.18. The number of rotatable bonds is 3. The highest BCUT2D eigenvalue weighted by molar-refractivity contribution is 8.76. The minimum Gasteiger partial charge on any atom is -0.264 e. The second-order valence-electron chi connectivity index (χ2n) is 4.87. The van der Waals surface area contributed by atoms with Crippen molar-refractivity contribution in [2.45, 2.75) is 9.79 Å². The van der Waals surface area contributed by atoms with Crippen molar-refractivity contribution >= 4 is 43.1 Å². The molecule has 0 unspecified atom stereocenters. The topological polar surface area (TPSA) is 25.8 Å². The van der Waals surface area contributed by atoms with Crippen LogP contribution in [0, 0.1) is 0 Å². The quantitative estimate of drug-likeness (QED) is 0.460. The van der Waals surface area contributed by atoms with Gasteiger partial charge in [0.2, 0.25) is 0 Å².